The van der Waals surface area contributed by atoms with Crippen LogP contribution in [0.25, 0.3) is 0 Å². The van der Waals surface area contributed by atoms with Crippen LogP contribution in [0.5, 0.6) is 0 Å². The molecule has 0 radical (unpaired) electrons. The van der Waals surface area contributed by atoms with Crippen molar-refractivity contribution in [2.75, 3.05) is 13.0 Å². The Morgan fingerprint density at radius 3 is 2.61 bits per heavy atom. The number of allylic oxidation sites excluding steroid dienone is 2. The van der Waals surface area contributed by atoms with Crippen LogP contribution in [0.4, 0.5) is 0 Å². The van der Waals surface area contributed by atoms with Crippen molar-refractivity contribution in [3.8, 4) is 0 Å². The molecule has 0 unspecified atom stereocenters. The second-order valence-electron chi connectivity index (χ2n) is 9.59. The number of carbonyl (C=O) groups excluding carboxylic acids is 2. The molecule has 0 spiro atoms. The molecule has 1 fully saturated rings. The molecule has 12 heteroatoms. The van der Waals surface area contributed by atoms with Gasteiger partial charge in [0.2, 0.25) is 15.9 Å². The Labute approximate surface area is 233 Å². The van der Waals surface area contributed by atoms with Crippen LogP contribution in [0.2, 0.25) is 5.02 Å². The van der Waals surface area contributed by atoms with Gasteiger partial charge in [0.1, 0.15) is 0 Å². The van der Waals surface area contributed by atoms with Gasteiger partial charge in [-0.2, -0.15) is 0 Å². The minimum absolute atomic E-state index is 0.0378. The van der Waals surface area contributed by atoms with E-state index in [1.807, 2.05) is 25.1 Å². The summed E-state index contributed by atoms with van der Waals surface area (Å²) in [5.74, 6) is -1.85. The Balaban J connectivity index is 1.82. The zero-order chi connectivity index (χ0) is 28.5. The van der Waals surface area contributed by atoms with Gasteiger partial charge < -0.3 is 20.1 Å². The third-order valence-electron chi connectivity index (χ3n) is 6.47. The largest absolute Gasteiger partial charge is 0.443 e. The summed E-state index contributed by atoms with van der Waals surface area (Å²) in [6.45, 7) is 2.44. The molecule has 3 N–H and O–H groups in total. The number of carbonyl (C=O) groups is 2. The van der Waals surface area contributed by atoms with E-state index in [1.54, 1.807) is 23.5 Å². The third-order valence-corrected chi connectivity index (χ3v) is 9.19. The molecule has 0 saturated heterocycles. The maximum Gasteiger partial charge on any atom is 0.304 e. The summed E-state index contributed by atoms with van der Waals surface area (Å²) in [6, 6.07) is 1.91. The van der Waals surface area contributed by atoms with Crippen LogP contribution in [0.1, 0.15) is 55.2 Å². The molecule has 38 heavy (non-hydrogen) atoms. The minimum Gasteiger partial charge on any atom is -0.443 e. The van der Waals surface area contributed by atoms with E-state index in [2.05, 4.69) is 4.74 Å². The summed E-state index contributed by atoms with van der Waals surface area (Å²) < 4.78 is 28.8. The first-order valence-corrected chi connectivity index (χ1v) is 15.6. The van der Waals surface area contributed by atoms with Gasteiger partial charge in [-0.3, -0.25) is 9.59 Å². The van der Waals surface area contributed by atoms with Crippen molar-refractivity contribution in [1.82, 2.24) is 4.31 Å². The molecule has 0 aliphatic heterocycles. The van der Waals surface area contributed by atoms with E-state index < -0.39 is 46.9 Å². The first-order valence-electron chi connectivity index (χ1n) is 12.6. The predicted octanol–water partition coefficient (Wildman–Crippen LogP) is 3.34. The number of halogens is 1. The average Bonchev–Trinajstić information content (AvgIpc) is 3.28. The second-order valence-corrected chi connectivity index (χ2v) is 13.2. The third kappa shape index (κ3) is 10.4. The van der Waals surface area contributed by atoms with Gasteiger partial charge in [0.25, 0.3) is 0 Å². The molecule has 2 rings (SSSR count). The number of nitrogens with zero attached hydrogens (tertiary/aromatic N) is 1. The predicted molar refractivity (Wildman–Crippen MR) is 147 cm³/mol. The first kappa shape index (κ1) is 32.5. The van der Waals surface area contributed by atoms with Crippen LogP contribution >= 0.6 is 22.9 Å². The molecule has 0 aromatic carbocycles. The van der Waals surface area contributed by atoms with E-state index in [0.717, 1.165) is 28.0 Å². The summed E-state index contributed by atoms with van der Waals surface area (Å²) in [5, 5.41) is 32.0. The molecule has 1 aliphatic rings. The van der Waals surface area contributed by atoms with Crippen LogP contribution in [0, 0.1) is 18.8 Å². The number of aliphatic hydroxyl groups is 3. The van der Waals surface area contributed by atoms with Crippen molar-refractivity contribution in [3.05, 3.63) is 45.1 Å². The Morgan fingerprint density at radius 1 is 1.29 bits per heavy atom. The standard InChI is InChI=1S/C26H38ClNO8S2/c1-17-23(27)14-20(37-17)12-10-19(30)11-13-22-21(24(31)15-25(22)32)8-6-4-5-7-9-26(33)28(38(3,34)35)16-36-18(2)29/h4,6,11,13-14,19,21-22,24-25,30-32H,5,7-10,12,15-16H2,1-3H3/b6-4-,13-11+/t19-,21+,22+,24-,25+/m1/s1. The van der Waals surface area contributed by atoms with E-state index >= 15 is 0 Å². The maximum absolute atomic E-state index is 12.3. The van der Waals surface area contributed by atoms with Crippen molar-refractivity contribution < 1.29 is 38.1 Å². The summed E-state index contributed by atoms with van der Waals surface area (Å²) in [6.07, 6.45) is 8.86. The lowest BCUT2D eigenvalue weighted by Gasteiger charge is -2.20. The highest BCUT2D eigenvalue weighted by Crippen LogP contribution is 2.36. The highest BCUT2D eigenvalue weighted by Gasteiger charge is 2.39. The second kappa shape index (κ2) is 15.1. The highest BCUT2D eigenvalue weighted by molar-refractivity contribution is 7.88. The fraction of sp³-hybridized carbons (Fsp3) is 0.615. The molecular formula is C26H38ClNO8S2. The Hall–Kier alpha value is -1.76. The number of ether oxygens (including phenoxy) is 1. The van der Waals surface area contributed by atoms with Crippen molar-refractivity contribution in [3.63, 3.8) is 0 Å². The number of aliphatic hydroxyl groups excluding tert-OH is 3. The van der Waals surface area contributed by atoms with E-state index in [9.17, 15) is 33.3 Å². The fourth-order valence-corrected chi connectivity index (χ4v) is 6.32. The summed E-state index contributed by atoms with van der Waals surface area (Å²) in [7, 11) is -3.86. The first-order chi connectivity index (χ1) is 17.8. The zero-order valence-corrected chi connectivity index (χ0v) is 24.3. The number of aryl methyl sites for hydroxylation is 2. The molecule has 0 bridgehead atoms. The number of thiophene rings is 1. The van der Waals surface area contributed by atoms with Gasteiger partial charge in [-0.1, -0.05) is 35.9 Å². The van der Waals surface area contributed by atoms with Gasteiger partial charge in [0.05, 0.1) is 29.6 Å². The minimum atomic E-state index is -3.86. The van der Waals surface area contributed by atoms with E-state index in [1.165, 1.54) is 0 Å². The number of hydrogen-bond donors (Lipinski definition) is 3. The molecule has 1 saturated carbocycles. The molecule has 1 aromatic heterocycles. The van der Waals surface area contributed by atoms with Crippen LogP contribution in [0.15, 0.2) is 30.4 Å². The highest BCUT2D eigenvalue weighted by atomic mass is 35.5. The average molecular weight is 592 g/mol. The molecule has 9 nitrogen and oxygen atoms in total. The quantitative estimate of drug-likeness (QED) is 0.129. The van der Waals surface area contributed by atoms with Gasteiger partial charge >= 0.3 is 5.97 Å². The Bertz CT molecular complexity index is 1080. The molecule has 1 heterocycles. The molecule has 214 valence electrons. The van der Waals surface area contributed by atoms with Crippen LogP contribution in [-0.2, 0) is 30.8 Å². The lowest BCUT2D eigenvalue weighted by molar-refractivity contribution is -0.146. The number of esters is 1. The molecule has 1 aliphatic carbocycles. The summed E-state index contributed by atoms with van der Waals surface area (Å²) in [5.41, 5.74) is 0. The molecule has 1 aromatic rings. The van der Waals surface area contributed by atoms with E-state index in [-0.39, 0.29) is 24.7 Å². The van der Waals surface area contributed by atoms with E-state index in [0.29, 0.717) is 36.4 Å². The summed E-state index contributed by atoms with van der Waals surface area (Å²) >= 11 is 7.70. The Morgan fingerprint density at radius 2 is 2.00 bits per heavy atom. The zero-order valence-electron chi connectivity index (χ0n) is 22.0. The SMILES string of the molecule is CC(=O)OCN(C(=O)CCC/C=C\C[C@H]1[C@H](/C=C/[C@H](O)CCc2cc(Cl)c(C)s2)[C@@H](O)C[C@H]1O)S(C)(=O)=O. The van der Waals surface area contributed by atoms with Gasteiger partial charge in [-0.15, -0.1) is 11.3 Å². The van der Waals surface area contributed by atoms with Crippen molar-refractivity contribution in [2.45, 2.75) is 77.1 Å². The smallest absolute Gasteiger partial charge is 0.304 e. The van der Waals surface area contributed by atoms with Crippen LogP contribution < -0.4 is 0 Å². The Kier molecular flexibility index (Phi) is 12.9. The van der Waals surface area contributed by atoms with Crippen molar-refractivity contribution in [1.29, 1.82) is 0 Å². The topological polar surface area (TPSA) is 141 Å². The van der Waals surface area contributed by atoms with E-state index in [4.69, 9.17) is 11.6 Å². The molecule has 1 amide bonds. The number of amides is 1. The van der Waals surface area contributed by atoms with Gasteiger partial charge in [-0.05, 0) is 51.0 Å². The van der Waals surface area contributed by atoms with Crippen LogP contribution in [-0.4, -0.2) is 71.2 Å². The van der Waals surface area contributed by atoms with Crippen LogP contribution in [0.3, 0.4) is 0 Å². The van der Waals surface area contributed by atoms with Gasteiger partial charge in [0, 0.05) is 35.4 Å². The number of unbranched alkanes of at least 4 members (excludes halogenated alkanes) is 1. The molecule has 5 atom stereocenters. The normalized spacial score (nSPS) is 22.8. The maximum atomic E-state index is 12.3. The molecular weight excluding hydrogens is 554 g/mol. The fourth-order valence-electron chi connectivity index (χ4n) is 4.36. The lowest BCUT2D eigenvalue weighted by atomic mass is 9.89. The lowest BCUT2D eigenvalue weighted by Crippen LogP contribution is -2.38. The van der Waals surface area contributed by atoms with Gasteiger partial charge in [0.15, 0.2) is 6.73 Å². The monoisotopic (exact) mass is 591 g/mol. The number of rotatable bonds is 14. The number of hydrogen-bond acceptors (Lipinski definition) is 9. The van der Waals surface area contributed by atoms with Crippen molar-refractivity contribution >= 4 is 44.8 Å². The summed E-state index contributed by atoms with van der Waals surface area (Å²) in [4.78, 5) is 25.4. The van der Waals surface area contributed by atoms with Gasteiger partial charge in [-0.25, -0.2) is 12.7 Å². The number of sulfonamides is 1. The van der Waals surface area contributed by atoms with Crippen molar-refractivity contribution in [2.24, 2.45) is 11.8 Å².